The van der Waals surface area contributed by atoms with Crippen molar-refractivity contribution in [2.75, 3.05) is 20.2 Å². The molecule has 10 heteroatoms. The van der Waals surface area contributed by atoms with Crippen LogP contribution in [0.4, 0.5) is 0 Å². The first kappa shape index (κ1) is 28.0. The van der Waals surface area contributed by atoms with Gasteiger partial charge in [0, 0.05) is 36.4 Å². The van der Waals surface area contributed by atoms with E-state index < -0.39 is 11.7 Å². The number of aromatic amines is 1. The van der Waals surface area contributed by atoms with Crippen molar-refractivity contribution in [3.8, 4) is 11.6 Å². The van der Waals surface area contributed by atoms with Crippen LogP contribution in [-0.4, -0.2) is 61.5 Å². The van der Waals surface area contributed by atoms with E-state index >= 15 is 0 Å². The average molecular weight is 569 g/mol. The molecule has 5 heterocycles. The van der Waals surface area contributed by atoms with Crippen molar-refractivity contribution in [2.24, 2.45) is 0 Å². The highest BCUT2D eigenvalue weighted by atomic mass is 32.1. The summed E-state index contributed by atoms with van der Waals surface area (Å²) >= 11 is 1.61. The number of allylic oxidation sites excluding steroid dienone is 6. The number of thiazole rings is 1. The van der Waals surface area contributed by atoms with Crippen molar-refractivity contribution in [3.05, 3.63) is 94.0 Å². The second-order valence-corrected chi connectivity index (χ2v) is 10.8. The topological polar surface area (TPSA) is 106 Å². The normalized spacial score (nSPS) is 14.2. The standard InChI is InChI=1S/C31H32N6O3S/c1-6-8-21(9-7-2)26(24-18-41-20(4)34-24)22-11-13-36(14-12-22)31(39)29(38)23-16-32-28-27(23)25(40-5)17-33-30(28)37-15-10-19(3)35-37/h6-10,15-18,32H,1,11-14H2,2-5H3/b9-7-,21-8+. The zero-order valence-electron chi connectivity index (χ0n) is 23.6. The van der Waals surface area contributed by atoms with E-state index in [0.29, 0.717) is 48.4 Å². The van der Waals surface area contributed by atoms with Crippen LogP contribution in [0.25, 0.3) is 22.3 Å². The van der Waals surface area contributed by atoms with E-state index in [1.54, 1.807) is 45.6 Å². The highest BCUT2D eigenvalue weighted by Gasteiger charge is 2.30. The summed E-state index contributed by atoms with van der Waals surface area (Å²) in [5, 5.41) is 8.01. The van der Waals surface area contributed by atoms with Gasteiger partial charge in [-0.2, -0.15) is 5.10 Å². The van der Waals surface area contributed by atoms with E-state index in [4.69, 9.17) is 9.72 Å². The summed E-state index contributed by atoms with van der Waals surface area (Å²) in [4.78, 5) is 41.1. The minimum absolute atomic E-state index is 0.249. The van der Waals surface area contributed by atoms with Crippen LogP contribution < -0.4 is 4.74 Å². The molecule has 1 N–H and O–H groups in total. The molecule has 1 aliphatic rings. The second kappa shape index (κ2) is 11.9. The first-order valence-corrected chi connectivity index (χ1v) is 14.2. The molecule has 0 radical (unpaired) electrons. The molecule has 41 heavy (non-hydrogen) atoms. The summed E-state index contributed by atoms with van der Waals surface area (Å²) in [6.07, 6.45) is 14.0. The number of pyridine rings is 1. The minimum atomic E-state index is -0.590. The van der Waals surface area contributed by atoms with E-state index in [9.17, 15) is 9.59 Å². The molecule has 1 aliphatic heterocycles. The fourth-order valence-corrected chi connectivity index (χ4v) is 5.78. The van der Waals surface area contributed by atoms with Crippen molar-refractivity contribution in [3.63, 3.8) is 0 Å². The van der Waals surface area contributed by atoms with Gasteiger partial charge in [0.15, 0.2) is 5.82 Å². The Morgan fingerprint density at radius 3 is 2.61 bits per heavy atom. The number of H-pyrrole nitrogens is 1. The summed E-state index contributed by atoms with van der Waals surface area (Å²) in [6.45, 7) is 10.6. The first-order valence-electron chi connectivity index (χ1n) is 13.4. The lowest BCUT2D eigenvalue weighted by Gasteiger charge is -2.29. The largest absolute Gasteiger partial charge is 0.494 e. The van der Waals surface area contributed by atoms with Crippen LogP contribution in [0.2, 0.25) is 0 Å². The Morgan fingerprint density at radius 2 is 2.00 bits per heavy atom. The number of amides is 1. The van der Waals surface area contributed by atoms with Crippen LogP contribution >= 0.6 is 11.3 Å². The number of aromatic nitrogens is 5. The van der Waals surface area contributed by atoms with E-state index in [1.807, 2.05) is 39.0 Å². The van der Waals surface area contributed by atoms with Crippen LogP contribution in [0.15, 0.2) is 72.1 Å². The monoisotopic (exact) mass is 568 g/mol. The number of hydrogen-bond donors (Lipinski definition) is 1. The molecule has 0 saturated carbocycles. The number of likely N-dealkylation sites (tertiary alicyclic amines) is 1. The van der Waals surface area contributed by atoms with Crippen molar-refractivity contribution >= 4 is 39.5 Å². The number of fused-ring (bicyclic) bond motifs is 1. The summed E-state index contributed by atoms with van der Waals surface area (Å²) in [7, 11) is 1.51. The fraction of sp³-hybridized carbons (Fsp3) is 0.258. The number of hydrogen-bond acceptors (Lipinski definition) is 7. The lowest BCUT2D eigenvalue weighted by Crippen LogP contribution is -2.40. The molecular weight excluding hydrogens is 536 g/mol. The summed E-state index contributed by atoms with van der Waals surface area (Å²) < 4.78 is 7.16. The maximum atomic E-state index is 13.6. The highest BCUT2D eigenvalue weighted by molar-refractivity contribution is 7.09. The second-order valence-electron chi connectivity index (χ2n) is 9.71. The van der Waals surface area contributed by atoms with Crippen LogP contribution in [0, 0.1) is 13.8 Å². The zero-order chi connectivity index (χ0) is 29.1. The number of nitrogens with zero attached hydrogens (tertiary/aromatic N) is 5. The number of carbonyl (C=O) groups is 2. The van der Waals surface area contributed by atoms with Crippen molar-refractivity contribution < 1.29 is 14.3 Å². The molecule has 1 saturated heterocycles. The third-order valence-electron chi connectivity index (χ3n) is 7.07. The highest BCUT2D eigenvalue weighted by Crippen LogP contribution is 2.35. The zero-order valence-corrected chi connectivity index (χ0v) is 24.4. The van der Waals surface area contributed by atoms with Crippen molar-refractivity contribution in [1.82, 2.24) is 29.6 Å². The molecular formula is C31H32N6O3S. The fourth-order valence-electron chi connectivity index (χ4n) is 5.17. The third-order valence-corrected chi connectivity index (χ3v) is 7.84. The predicted octanol–water partition coefficient (Wildman–Crippen LogP) is 5.78. The van der Waals surface area contributed by atoms with Gasteiger partial charge in [-0.25, -0.2) is 14.6 Å². The van der Waals surface area contributed by atoms with Gasteiger partial charge in [0.05, 0.1) is 46.2 Å². The summed E-state index contributed by atoms with van der Waals surface area (Å²) in [5.74, 6) is -0.209. The molecule has 0 aliphatic carbocycles. The van der Waals surface area contributed by atoms with Gasteiger partial charge in [0.25, 0.3) is 11.7 Å². The SMILES string of the molecule is C=C/C=C(\C=C/C)C(=C1CCN(C(=O)C(=O)c2c[nH]c3c(-n4ccc(C)n4)ncc(OC)c23)CC1)c1csc(C)n1. The van der Waals surface area contributed by atoms with Gasteiger partial charge in [-0.3, -0.25) is 9.59 Å². The first-order chi connectivity index (χ1) is 19.9. The summed E-state index contributed by atoms with van der Waals surface area (Å²) in [5.41, 5.74) is 5.88. The Hall–Kier alpha value is -4.57. The van der Waals surface area contributed by atoms with Gasteiger partial charge in [0.2, 0.25) is 0 Å². The maximum absolute atomic E-state index is 13.6. The predicted molar refractivity (Wildman–Crippen MR) is 162 cm³/mol. The number of aryl methyl sites for hydroxylation is 2. The van der Waals surface area contributed by atoms with Gasteiger partial charge in [-0.05, 0) is 45.3 Å². The van der Waals surface area contributed by atoms with Gasteiger partial charge < -0.3 is 14.6 Å². The minimum Gasteiger partial charge on any atom is -0.494 e. The number of Topliss-reactive ketones (excluding diaryl/α,β-unsaturated/α-hetero) is 1. The molecule has 210 valence electrons. The van der Waals surface area contributed by atoms with E-state index in [-0.39, 0.29) is 5.56 Å². The number of ketones is 1. The third kappa shape index (κ3) is 5.43. The molecule has 5 rings (SSSR count). The Morgan fingerprint density at radius 1 is 1.22 bits per heavy atom. The average Bonchev–Trinajstić information content (AvgIpc) is 3.73. The molecule has 9 nitrogen and oxygen atoms in total. The van der Waals surface area contributed by atoms with Gasteiger partial charge in [-0.15, -0.1) is 11.3 Å². The Labute approximate surface area is 242 Å². The maximum Gasteiger partial charge on any atom is 0.295 e. The van der Waals surface area contributed by atoms with E-state index in [2.05, 4.69) is 33.1 Å². The Balaban J connectivity index is 1.43. The molecule has 0 bridgehead atoms. The molecule has 0 aromatic carbocycles. The molecule has 0 unspecified atom stereocenters. The van der Waals surface area contributed by atoms with Crippen molar-refractivity contribution in [1.29, 1.82) is 0 Å². The Bertz CT molecular complexity index is 1720. The van der Waals surface area contributed by atoms with E-state index in [1.165, 1.54) is 12.7 Å². The van der Waals surface area contributed by atoms with Crippen LogP contribution in [0.3, 0.4) is 0 Å². The van der Waals surface area contributed by atoms with Crippen LogP contribution in [-0.2, 0) is 4.79 Å². The van der Waals surface area contributed by atoms with Gasteiger partial charge in [0.1, 0.15) is 5.75 Å². The van der Waals surface area contributed by atoms with Crippen molar-refractivity contribution in [2.45, 2.75) is 33.6 Å². The van der Waals surface area contributed by atoms with Crippen LogP contribution in [0.5, 0.6) is 5.75 Å². The molecule has 1 fully saturated rings. The van der Waals surface area contributed by atoms with Gasteiger partial charge in [-0.1, -0.05) is 36.5 Å². The summed E-state index contributed by atoms with van der Waals surface area (Å²) in [6, 6.07) is 1.87. The lowest BCUT2D eigenvalue weighted by molar-refractivity contribution is -0.126. The smallest absolute Gasteiger partial charge is 0.295 e. The lowest BCUT2D eigenvalue weighted by atomic mass is 9.90. The number of methoxy groups -OCH3 is 1. The number of ether oxygens (including phenoxy) is 1. The molecule has 4 aromatic rings. The van der Waals surface area contributed by atoms with E-state index in [0.717, 1.165) is 27.5 Å². The number of carbonyl (C=O) groups excluding carboxylic acids is 2. The van der Waals surface area contributed by atoms with Crippen LogP contribution in [0.1, 0.15) is 46.5 Å². The number of piperidine rings is 1. The molecule has 4 aromatic heterocycles. The number of nitrogens with one attached hydrogen (secondary N) is 1. The number of rotatable bonds is 8. The molecule has 1 amide bonds. The van der Waals surface area contributed by atoms with Gasteiger partial charge >= 0.3 is 0 Å². The molecule has 0 atom stereocenters. The Kier molecular flexibility index (Phi) is 8.11. The molecule has 0 spiro atoms. The quantitative estimate of drug-likeness (QED) is 0.164.